The van der Waals surface area contributed by atoms with E-state index in [1.165, 1.54) is 51.4 Å². The van der Waals surface area contributed by atoms with Gasteiger partial charge in [-0.15, -0.1) is 0 Å². The van der Waals surface area contributed by atoms with E-state index in [0.717, 1.165) is 4.90 Å². The summed E-state index contributed by atoms with van der Waals surface area (Å²) in [6.45, 7) is 0.532. The highest BCUT2D eigenvalue weighted by atomic mass is 79.9. The SMILES string of the molecule is COc1cccc(F)c1CNC(=O)C1(C)COc2c(oc3cc(Br)cnc23)C(=O)N1CC(=O)N(C)C. The van der Waals surface area contributed by atoms with Crippen LogP contribution in [0, 0.1) is 5.82 Å². The Kier molecular flexibility index (Phi) is 6.90. The van der Waals surface area contributed by atoms with Gasteiger partial charge in [0.15, 0.2) is 22.4 Å². The number of furan rings is 1. The zero-order valence-corrected chi connectivity index (χ0v) is 21.6. The van der Waals surface area contributed by atoms with Gasteiger partial charge in [0.25, 0.3) is 5.91 Å². The normalized spacial score (nSPS) is 17.3. The first-order chi connectivity index (χ1) is 17.1. The second-order valence-electron chi connectivity index (χ2n) is 8.61. The van der Waals surface area contributed by atoms with Gasteiger partial charge in [0, 0.05) is 36.9 Å². The van der Waals surface area contributed by atoms with E-state index in [4.69, 9.17) is 13.9 Å². The monoisotopic (exact) mass is 562 g/mol. The number of halogens is 2. The van der Waals surface area contributed by atoms with E-state index in [9.17, 15) is 18.8 Å². The molecule has 0 saturated heterocycles. The maximum atomic E-state index is 14.4. The molecule has 1 aliphatic rings. The summed E-state index contributed by atoms with van der Waals surface area (Å²) in [7, 11) is 4.47. The van der Waals surface area contributed by atoms with Crippen molar-refractivity contribution in [1.82, 2.24) is 20.1 Å². The minimum atomic E-state index is -1.65. The van der Waals surface area contributed by atoms with Crippen LogP contribution >= 0.6 is 15.9 Å². The van der Waals surface area contributed by atoms with Gasteiger partial charge < -0.3 is 29.0 Å². The van der Waals surface area contributed by atoms with Crippen molar-refractivity contribution in [2.45, 2.75) is 19.0 Å². The van der Waals surface area contributed by atoms with Gasteiger partial charge in [-0.2, -0.15) is 0 Å². The van der Waals surface area contributed by atoms with Crippen LogP contribution in [-0.2, 0) is 16.1 Å². The van der Waals surface area contributed by atoms with Crippen LogP contribution in [0.1, 0.15) is 23.0 Å². The Hall–Kier alpha value is -3.67. The van der Waals surface area contributed by atoms with E-state index in [1.54, 1.807) is 12.1 Å². The maximum Gasteiger partial charge on any atom is 0.295 e. The first kappa shape index (κ1) is 25.4. The number of ether oxygens (including phenoxy) is 2. The van der Waals surface area contributed by atoms with E-state index in [2.05, 4.69) is 26.2 Å². The number of methoxy groups -OCH3 is 1. The molecule has 4 rings (SSSR count). The largest absolute Gasteiger partial charge is 0.496 e. The molecular weight excluding hydrogens is 539 g/mol. The summed E-state index contributed by atoms with van der Waals surface area (Å²) in [6, 6.07) is 5.95. The van der Waals surface area contributed by atoms with E-state index < -0.39 is 35.6 Å². The molecule has 3 heterocycles. The predicted octanol–water partition coefficient (Wildman–Crippen LogP) is 2.74. The number of fused-ring (bicyclic) bond motifs is 3. The molecule has 0 aliphatic carbocycles. The van der Waals surface area contributed by atoms with Gasteiger partial charge in [0.2, 0.25) is 17.6 Å². The molecule has 1 unspecified atom stereocenters. The number of nitrogens with zero attached hydrogens (tertiary/aromatic N) is 3. The molecule has 1 N–H and O–H groups in total. The fourth-order valence-electron chi connectivity index (χ4n) is 3.82. The molecule has 2 aromatic heterocycles. The van der Waals surface area contributed by atoms with Gasteiger partial charge in [-0.1, -0.05) is 6.07 Å². The summed E-state index contributed by atoms with van der Waals surface area (Å²) in [6.07, 6.45) is 1.53. The summed E-state index contributed by atoms with van der Waals surface area (Å²) in [5.41, 5.74) is -0.895. The molecule has 10 nitrogen and oxygen atoms in total. The number of pyridine rings is 1. The van der Waals surface area contributed by atoms with Gasteiger partial charge in [0.1, 0.15) is 24.7 Å². The van der Waals surface area contributed by atoms with Gasteiger partial charge in [-0.25, -0.2) is 9.37 Å². The summed E-state index contributed by atoms with van der Waals surface area (Å²) in [5, 5.41) is 2.66. The fraction of sp³-hybridized carbons (Fsp3) is 0.333. The van der Waals surface area contributed by atoms with Crippen LogP contribution in [0.4, 0.5) is 4.39 Å². The Balaban J connectivity index is 1.71. The lowest BCUT2D eigenvalue weighted by molar-refractivity contribution is -0.137. The number of aromatic nitrogens is 1. The highest BCUT2D eigenvalue weighted by molar-refractivity contribution is 9.10. The van der Waals surface area contributed by atoms with Crippen LogP contribution in [0.2, 0.25) is 0 Å². The molecule has 0 bridgehead atoms. The molecule has 3 aromatic rings. The average Bonchev–Trinajstić information content (AvgIpc) is 3.16. The van der Waals surface area contributed by atoms with Crippen LogP contribution < -0.4 is 14.8 Å². The highest BCUT2D eigenvalue weighted by Crippen LogP contribution is 2.38. The third kappa shape index (κ3) is 4.48. The highest BCUT2D eigenvalue weighted by Gasteiger charge is 2.49. The van der Waals surface area contributed by atoms with Crippen molar-refractivity contribution in [3.8, 4) is 11.5 Å². The zero-order chi connectivity index (χ0) is 26.2. The molecule has 1 aliphatic heterocycles. The number of carbonyl (C=O) groups excluding carboxylic acids is 3. The first-order valence-corrected chi connectivity index (χ1v) is 11.7. The molecule has 1 aromatic carbocycles. The minimum absolute atomic E-state index is 0.0806. The van der Waals surface area contributed by atoms with E-state index >= 15 is 0 Å². The number of likely N-dealkylation sites (N-methyl/N-ethyl adjacent to an activating group) is 1. The molecular formula is C24H24BrFN4O6. The van der Waals surface area contributed by atoms with Gasteiger partial charge in [-0.05, 0) is 41.1 Å². The number of hydrogen-bond acceptors (Lipinski definition) is 7. The van der Waals surface area contributed by atoms with E-state index in [-0.39, 0.29) is 36.0 Å². The summed E-state index contributed by atoms with van der Waals surface area (Å²) in [4.78, 5) is 46.5. The smallest absolute Gasteiger partial charge is 0.295 e. The number of rotatable bonds is 6. The predicted molar refractivity (Wildman–Crippen MR) is 130 cm³/mol. The van der Waals surface area contributed by atoms with Gasteiger partial charge in [0.05, 0.1) is 7.11 Å². The number of hydrogen-bond donors (Lipinski definition) is 1. The van der Waals surface area contributed by atoms with Crippen LogP contribution in [-0.4, -0.2) is 72.4 Å². The van der Waals surface area contributed by atoms with Crippen molar-refractivity contribution in [2.75, 3.05) is 34.4 Å². The second-order valence-corrected chi connectivity index (χ2v) is 9.52. The van der Waals surface area contributed by atoms with Crippen molar-refractivity contribution in [3.63, 3.8) is 0 Å². The number of benzene rings is 1. The fourth-order valence-corrected chi connectivity index (χ4v) is 4.13. The van der Waals surface area contributed by atoms with Gasteiger partial charge in [-0.3, -0.25) is 14.4 Å². The molecule has 1 atom stereocenters. The Morgan fingerprint density at radius 1 is 1.36 bits per heavy atom. The van der Waals surface area contributed by atoms with Crippen molar-refractivity contribution in [3.05, 3.63) is 52.1 Å². The minimum Gasteiger partial charge on any atom is -0.496 e. The Morgan fingerprint density at radius 2 is 2.11 bits per heavy atom. The quantitative estimate of drug-likeness (QED) is 0.491. The molecule has 3 amide bonds. The van der Waals surface area contributed by atoms with E-state index in [0.29, 0.717) is 15.6 Å². The van der Waals surface area contributed by atoms with Crippen molar-refractivity contribution in [2.24, 2.45) is 0 Å². The summed E-state index contributed by atoms with van der Waals surface area (Å²) in [5.74, 6) is -2.18. The number of nitrogens with one attached hydrogen (secondary N) is 1. The third-order valence-electron chi connectivity index (χ3n) is 5.99. The lowest BCUT2D eigenvalue weighted by Gasteiger charge is -2.37. The van der Waals surface area contributed by atoms with Crippen molar-refractivity contribution in [1.29, 1.82) is 0 Å². The van der Waals surface area contributed by atoms with Crippen molar-refractivity contribution >= 4 is 44.8 Å². The molecule has 12 heteroatoms. The molecule has 0 saturated carbocycles. The summed E-state index contributed by atoms with van der Waals surface area (Å²) >= 11 is 3.31. The lowest BCUT2D eigenvalue weighted by atomic mass is 9.98. The Labute approximate surface area is 214 Å². The molecule has 0 fully saturated rings. The Morgan fingerprint density at radius 3 is 2.81 bits per heavy atom. The molecule has 0 spiro atoms. The average molecular weight is 563 g/mol. The molecule has 190 valence electrons. The third-order valence-corrected chi connectivity index (χ3v) is 6.42. The van der Waals surface area contributed by atoms with Crippen LogP contribution in [0.25, 0.3) is 11.1 Å². The summed E-state index contributed by atoms with van der Waals surface area (Å²) < 4.78 is 31.9. The number of amides is 3. The standard InChI is InChI=1S/C24H24BrFN4O6/c1-24(23(33)28-10-14-15(26)6-5-7-16(14)34-4)12-35-20-19-17(8-13(25)9-27-19)36-21(20)22(32)30(24)11-18(31)29(2)3/h5-9H,10-12H2,1-4H3,(H,28,33). The lowest BCUT2D eigenvalue weighted by Crippen LogP contribution is -2.62. The zero-order valence-electron chi connectivity index (χ0n) is 20.1. The van der Waals surface area contributed by atoms with Crippen LogP contribution in [0.5, 0.6) is 11.5 Å². The van der Waals surface area contributed by atoms with E-state index in [1.807, 2.05) is 0 Å². The van der Waals surface area contributed by atoms with Crippen LogP contribution in [0.3, 0.4) is 0 Å². The molecule has 36 heavy (non-hydrogen) atoms. The van der Waals surface area contributed by atoms with Gasteiger partial charge >= 0.3 is 0 Å². The Bertz CT molecular complexity index is 1360. The topological polar surface area (TPSA) is 114 Å². The second kappa shape index (κ2) is 9.76. The number of carbonyl (C=O) groups is 3. The van der Waals surface area contributed by atoms with Crippen molar-refractivity contribution < 1.29 is 32.7 Å². The maximum absolute atomic E-state index is 14.4. The van der Waals surface area contributed by atoms with Crippen LogP contribution in [0.15, 0.2) is 39.4 Å². The molecule has 0 radical (unpaired) electrons. The first-order valence-electron chi connectivity index (χ1n) is 10.9.